The molecule has 0 aliphatic carbocycles. The van der Waals surface area contributed by atoms with E-state index in [2.05, 4.69) is 10.5 Å². The van der Waals surface area contributed by atoms with Gasteiger partial charge in [0, 0.05) is 12.6 Å². The largest absolute Gasteiger partial charge is 0.360 e. The predicted molar refractivity (Wildman–Crippen MR) is 58.6 cm³/mol. The highest BCUT2D eigenvalue weighted by atomic mass is 16.5. The molecule has 0 bridgehead atoms. The molecular weight excluding hydrogens is 206 g/mol. The zero-order valence-corrected chi connectivity index (χ0v) is 9.48. The molecule has 1 aromatic rings. The average Bonchev–Trinajstić information content (AvgIpc) is 2.77. The number of carbonyl (C=O) groups excluding carboxylic acids is 1. The lowest BCUT2D eigenvalue weighted by molar-refractivity contribution is -0.136. The van der Waals surface area contributed by atoms with Gasteiger partial charge in [0.1, 0.15) is 0 Å². The number of amides is 1. The van der Waals surface area contributed by atoms with Crippen molar-refractivity contribution < 1.29 is 9.32 Å². The number of piperidine rings is 1. The molecule has 2 heterocycles. The van der Waals surface area contributed by atoms with E-state index in [4.69, 9.17) is 4.52 Å². The van der Waals surface area contributed by atoms with Crippen LogP contribution in [0.1, 0.15) is 25.5 Å². The van der Waals surface area contributed by atoms with Gasteiger partial charge in [-0.05, 0) is 19.4 Å². The smallest absolute Gasteiger partial charge is 0.240 e. The Balaban J connectivity index is 1.96. The molecule has 16 heavy (non-hydrogen) atoms. The van der Waals surface area contributed by atoms with E-state index in [0.29, 0.717) is 6.54 Å². The lowest BCUT2D eigenvalue weighted by Gasteiger charge is -2.31. The summed E-state index contributed by atoms with van der Waals surface area (Å²) in [7, 11) is 0. The number of rotatable bonds is 4. The maximum Gasteiger partial charge on any atom is 0.240 e. The van der Waals surface area contributed by atoms with Crippen molar-refractivity contribution in [1.29, 1.82) is 0 Å². The zero-order valence-electron chi connectivity index (χ0n) is 9.48. The molecular formula is C11H17N3O2. The number of hydrogen-bond acceptors (Lipinski definition) is 4. The van der Waals surface area contributed by atoms with Crippen LogP contribution in [-0.2, 0) is 11.3 Å². The second-order valence-corrected chi connectivity index (χ2v) is 3.99. The quantitative estimate of drug-likeness (QED) is 0.819. The monoisotopic (exact) mass is 223 g/mol. The highest BCUT2D eigenvalue weighted by molar-refractivity contribution is 5.82. The van der Waals surface area contributed by atoms with E-state index in [0.717, 1.165) is 31.7 Å². The zero-order chi connectivity index (χ0) is 11.4. The van der Waals surface area contributed by atoms with E-state index in [1.165, 1.54) is 0 Å². The van der Waals surface area contributed by atoms with Gasteiger partial charge in [-0.3, -0.25) is 4.79 Å². The van der Waals surface area contributed by atoms with Crippen LogP contribution in [0.2, 0.25) is 0 Å². The molecule has 1 saturated heterocycles. The first-order valence-corrected chi connectivity index (χ1v) is 5.73. The summed E-state index contributed by atoms with van der Waals surface area (Å²) in [6.45, 7) is 4.18. The molecule has 88 valence electrons. The van der Waals surface area contributed by atoms with Gasteiger partial charge in [-0.2, -0.15) is 0 Å². The van der Waals surface area contributed by atoms with Crippen molar-refractivity contribution in [3.05, 3.63) is 18.0 Å². The summed E-state index contributed by atoms with van der Waals surface area (Å²) in [6, 6.07) is 1.77. The van der Waals surface area contributed by atoms with Gasteiger partial charge in [0.05, 0.1) is 18.8 Å². The van der Waals surface area contributed by atoms with Crippen molar-refractivity contribution in [2.45, 2.75) is 32.4 Å². The van der Waals surface area contributed by atoms with Crippen molar-refractivity contribution in [3.63, 3.8) is 0 Å². The van der Waals surface area contributed by atoms with E-state index < -0.39 is 0 Å². The third kappa shape index (κ3) is 2.41. The van der Waals surface area contributed by atoms with Crippen molar-refractivity contribution in [1.82, 2.24) is 15.4 Å². The number of likely N-dealkylation sites (N-methyl/N-ethyl adjacent to an activating group) is 1. The van der Waals surface area contributed by atoms with Crippen LogP contribution in [0.25, 0.3) is 0 Å². The van der Waals surface area contributed by atoms with Crippen molar-refractivity contribution in [2.75, 3.05) is 13.1 Å². The summed E-state index contributed by atoms with van der Waals surface area (Å²) in [5, 5.41) is 6.85. The molecule has 5 nitrogen and oxygen atoms in total. The van der Waals surface area contributed by atoms with E-state index in [1.54, 1.807) is 12.3 Å². The number of hydrogen-bond donors (Lipinski definition) is 1. The van der Waals surface area contributed by atoms with Gasteiger partial charge in [-0.15, -0.1) is 0 Å². The number of likely N-dealkylation sites (tertiary alicyclic amines) is 1. The molecule has 2 rings (SSSR count). The topological polar surface area (TPSA) is 58.4 Å². The van der Waals surface area contributed by atoms with Crippen LogP contribution in [0.15, 0.2) is 16.8 Å². The second-order valence-electron chi connectivity index (χ2n) is 3.99. The fraction of sp³-hybridized carbons (Fsp3) is 0.636. The maximum atomic E-state index is 12.0. The van der Waals surface area contributed by atoms with Crippen molar-refractivity contribution >= 4 is 5.91 Å². The molecule has 1 amide bonds. The summed E-state index contributed by atoms with van der Waals surface area (Å²) in [6.07, 6.45) is 3.57. The molecule has 1 fully saturated rings. The normalized spacial score (nSPS) is 21.4. The summed E-state index contributed by atoms with van der Waals surface area (Å²) < 4.78 is 5.02. The van der Waals surface area contributed by atoms with Crippen LogP contribution in [0, 0.1) is 0 Å². The molecule has 0 spiro atoms. The lowest BCUT2D eigenvalue weighted by Crippen LogP contribution is -2.50. The number of carbonyl (C=O) groups is 1. The molecule has 1 aliphatic rings. The Bertz CT molecular complexity index is 335. The SMILES string of the molecule is CCNC1CCCN(Cc2ccno2)C1=O. The standard InChI is InChI=1S/C11H17N3O2/c1-2-12-10-4-3-7-14(11(10)15)8-9-5-6-13-16-9/h5-6,10,12H,2-4,7-8H2,1H3. The van der Waals surface area contributed by atoms with Crippen molar-refractivity contribution in [2.24, 2.45) is 0 Å². The Morgan fingerprint density at radius 3 is 3.25 bits per heavy atom. The van der Waals surface area contributed by atoms with E-state index in [-0.39, 0.29) is 11.9 Å². The Labute approximate surface area is 94.8 Å². The van der Waals surface area contributed by atoms with Crippen LogP contribution >= 0.6 is 0 Å². The molecule has 1 N–H and O–H groups in total. The third-order valence-electron chi connectivity index (χ3n) is 2.82. The van der Waals surface area contributed by atoms with Crippen molar-refractivity contribution in [3.8, 4) is 0 Å². The van der Waals surface area contributed by atoms with Gasteiger partial charge in [0.15, 0.2) is 5.76 Å². The van der Waals surface area contributed by atoms with E-state index in [1.807, 2.05) is 11.8 Å². The second kappa shape index (κ2) is 5.12. The van der Waals surface area contributed by atoms with Gasteiger partial charge in [-0.25, -0.2) is 0 Å². The minimum absolute atomic E-state index is 0.0262. The number of aromatic nitrogens is 1. The molecule has 0 aromatic carbocycles. The highest BCUT2D eigenvalue weighted by Crippen LogP contribution is 2.14. The summed E-state index contributed by atoms with van der Waals surface area (Å²) in [5.41, 5.74) is 0. The molecule has 0 radical (unpaired) electrons. The van der Waals surface area contributed by atoms with Crippen LogP contribution in [0.4, 0.5) is 0 Å². The van der Waals surface area contributed by atoms with Gasteiger partial charge < -0.3 is 14.7 Å². The summed E-state index contributed by atoms with van der Waals surface area (Å²) >= 11 is 0. The third-order valence-corrected chi connectivity index (χ3v) is 2.82. The fourth-order valence-electron chi connectivity index (χ4n) is 2.04. The van der Waals surface area contributed by atoms with Crippen LogP contribution in [0.3, 0.4) is 0 Å². The molecule has 5 heteroatoms. The van der Waals surface area contributed by atoms with Crippen LogP contribution in [0.5, 0.6) is 0 Å². The number of nitrogens with one attached hydrogen (secondary N) is 1. The van der Waals surface area contributed by atoms with Gasteiger partial charge in [-0.1, -0.05) is 12.1 Å². The minimum atomic E-state index is -0.0262. The predicted octanol–water partition coefficient (Wildman–Crippen LogP) is 0.775. The Hall–Kier alpha value is -1.36. The van der Waals surface area contributed by atoms with Gasteiger partial charge >= 0.3 is 0 Å². The van der Waals surface area contributed by atoms with Gasteiger partial charge in [0.25, 0.3) is 0 Å². The average molecular weight is 223 g/mol. The molecule has 1 unspecified atom stereocenters. The highest BCUT2D eigenvalue weighted by Gasteiger charge is 2.28. The van der Waals surface area contributed by atoms with Crippen LogP contribution in [-0.4, -0.2) is 35.1 Å². The van der Waals surface area contributed by atoms with Gasteiger partial charge in [0.2, 0.25) is 5.91 Å². The van der Waals surface area contributed by atoms with Crippen LogP contribution < -0.4 is 5.32 Å². The summed E-state index contributed by atoms with van der Waals surface area (Å²) in [5.74, 6) is 0.912. The summed E-state index contributed by atoms with van der Waals surface area (Å²) in [4.78, 5) is 13.9. The minimum Gasteiger partial charge on any atom is -0.360 e. The molecule has 1 atom stereocenters. The fourth-order valence-corrected chi connectivity index (χ4v) is 2.04. The first kappa shape index (κ1) is 11.1. The van der Waals surface area contributed by atoms with E-state index in [9.17, 15) is 4.79 Å². The first-order chi connectivity index (χ1) is 7.81. The van der Waals surface area contributed by atoms with E-state index >= 15 is 0 Å². The lowest BCUT2D eigenvalue weighted by atomic mass is 10.0. The Kier molecular flexibility index (Phi) is 3.56. The number of nitrogens with zero attached hydrogens (tertiary/aromatic N) is 2. The first-order valence-electron chi connectivity index (χ1n) is 5.73. The maximum absolute atomic E-state index is 12.0. The molecule has 0 saturated carbocycles. The molecule has 1 aromatic heterocycles. The Morgan fingerprint density at radius 2 is 2.56 bits per heavy atom. The Morgan fingerprint density at radius 1 is 1.69 bits per heavy atom. The molecule has 1 aliphatic heterocycles.